The van der Waals surface area contributed by atoms with Crippen molar-refractivity contribution in [2.45, 2.75) is 39.8 Å². The molecule has 0 saturated carbocycles. The second-order valence-electron chi connectivity index (χ2n) is 4.25. The van der Waals surface area contributed by atoms with Crippen LogP contribution in [-0.4, -0.2) is 16.9 Å². The summed E-state index contributed by atoms with van der Waals surface area (Å²) >= 11 is 1.56. The highest BCUT2D eigenvalue weighted by atomic mass is 32.1. The number of nitrogens with zero attached hydrogens (tertiary/aromatic N) is 1. The summed E-state index contributed by atoms with van der Waals surface area (Å²) in [5.74, 6) is 0.338. The van der Waals surface area contributed by atoms with E-state index < -0.39 is 0 Å². The van der Waals surface area contributed by atoms with Gasteiger partial charge in [0.15, 0.2) is 0 Å². The Balaban J connectivity index is 2.33. The Kier molecular flexibility index (Phi) is 4.89. The van der Waals surface area contributed by atoms with Gasteiger partial charge in [0, 0.05) is 17.3 Å². The van der Waals surface area contributed by atoms with Crippen LogP contribution in [0, 0.1) is 12.8 Å². The first-order valence-electron chi connectivity index (χ1n) is 5.42. The number of hydrogen-bond donors (Lipinski definition) is 2. The Morgan fingerprint density at radius 2 is 2.31 bits per heavy atom. The first-order chi connectivity index (χ1) is 7.50. The van der Waals surface area contributed by atoms with E-state index in [9.17, 15) is 4.79 Å². The van der Waals surface area contributed by atoms with E-state index in [1.54, 1.807) is 16.8 Å². The summed E-state index contributed by atoms with van der Waals surface area (Å²) in [6, 6.07) is -0.0671. The molecular formula is C11H19N3OS. The maximum atomic E-state index is 11.6. The van der Waals surface area contributed by atoms with Crippen molar-refractivity contribution < 1.29 is 4.79 Å². The van der Waals surface area contributed by atoms with Crippen molar-refractivity contribution in [2.24, 2.45) is 11.7 Å². The first kappa shape index (κ1) is 13.1. The number of carbonyl (C=O) groups excluding carboxylic acids is 1. The molecule has 4 nitrogen and oxygen atoms in total. The lowest BCUT2D eigenvalue weighted by molar-refractivity contribution is -0.121. The van der Waals surface area contributed by atoms with Crippen LogP contribution in [0.15, 0.2) is 5.51 Å². The predicted molar refractivity (Wildman–Crippen MR) is 66.1 cm³/mol. The summed E-state index contributed by atoms with van der Waals surface area (Å²) in [7, 11) is 0. The van der Waals surface area contributed by atoms with Gasteiger partial charge < -0.3 is 11.1 Å². The maximum absolute atomic E-state index is 11.6. The lowest BCUT2D eigenvalue weighted by Crippen LogP contribution is -2.34. The lowest BCUT2D eigenvalue weighted by Gasteiger charge is -2.14. The number of amides is 1. The fraction of sp³-hybridized carbons (Fsp3) is 0.636. The zero-order valence-electron chi connectivity index (χ0n) is 9.99. The van der Waals surface area contributed by atoms with Crippen LogP contribution < -0.4 is 11.1 Å². The number of hydrogen-bond acceptors (Lipinski definition) is 4. The Morgan fingerprint density at radius 1 is 1.62 bits per heavy atom. The van der Waals surface area contributed by atoms with Crippen molar-refractivity contribution in [3.05, 3.63) is 16.1 Å². The number of nitrogens with one attached hydrogen (secondary N) is 1. The van der Waals surface area contributed by atoms with E-state index in [-0.39, 0.29) is 11.9 Å². The summed E-state index contributed by atoms with van der Waals surface area (Å²) in [5, 5.41) is 2.86. The Morgan fingerprint density at radius 3 is 2.81 bits per heavy atom. The maximum Gasteiger partial charge on any atom is 0.221 e. The fourth-order valence-corrected chi connectivity index (χ4v) is 1.91. The third-order valence-electron chi connectivity index (χ3n) is 2.57. The molecule has 0 aromatic carbocycles. The molecule has 0 bridgehead atoms. The molecule has 16 heavy (non-hydrogen) atoms. The molecule has 3 N–H and O–H groups in total. The van der Waals surface area contributed by atoms with E-state index in [0.29, 0.717) is 18.9 Å². The molecule has 0 aliphatic carbocycles. The molecule has 0 radical (unpaired) electrons. The molecular weight excluding hydrogens is 222 g/mol. The largest absolute Gasteiger partial charge is 0.351 e. The number of nitrogens with two attached hydrogens (primary N) is 1. The van der Waals surface area contributed by atoms with E-state index in [0.717, 1.165) is 10.6 Å². The average Bonchev–Trinajstić information content (AvgIpc) is 2.61. The van der Waals surface area contributed by atoms with E-state index in [2.05, 4.69) is 10.3 Å². The molecule has 1 aromatic heterocycles. The molecule has 1 aromatic rings. The van der Waals surface area contributed by atoms with Crippen LogP contribution >= 0.6 is 11.3 Å². The van der Waals surface area contributed by atoms with Gasteiger partial charge in [-0.3, -0.25) is 4.79 Å². The van der Waals surface area contributed by atoms with Crippen molar-refractivity contribution in [3.63, 3.8) is 0 Å². The van der Waals surface area contributed by atoms with E-state index in [1.807, 2.05) is 20.8 Å². The van der Waals surface area contributed by atoms with Crippen LogP contribution in [-0.2, 0) is 11.3 Å². The highest BCUT2D eigenvalue weighted by Crippen LogP contribution is 2.11. The van der Waals surface area contributed by atoms with Crippen LogP contribution in [0.25, 0.3) is 0 Å². The molecule has 5 heteroatoms. The van der Waals surface area contributed by atoms with Gasteiger partial charge in [0.1, 0.15) is 0 Å². The van der Waals surface area contributed by atoms with Gasteiger partial charge in [-0.15, -0.1) is 11.3 Å². The third kappa shape index (κ3) is 3.90. The third-order valence-corrected chi connectivity index (χ3v) is 3.50. The summed E-state index contributed by atoms with van der Waals surface area (Å²) in [6.07, 6.45) is 0.384. The highest BCUT2D eigenvalue weighted by Gasteiger charge is 2.13. The molecule has 0 aliphatic heterocycles. The summed E-state index contributed by atoms with van der Waals surface area (Å²) < 4.78 is 0. The minimum absolute atomic E-state index is 0.00833. The summed E-state index contributed by atoms with van der Waals surface area (Å²) in [6.45, 7) is 6.54. The highest BCUT2D eigenvalue weighted by molar-refractivity contribution is 7.09. The normalized spacial score (nSPS) is 12.8. The van der Waals surface area contributed by atoms with Crippen LogP contribution in [0.5, 0.6) is 0 Å². The van der Waals surface area contributed by atoms with Crippen molar-refractivity contribution >= 4 is 17.2 Å². The number of rotatable bonds is 5. The Labute approximate surface area is 100 Å². The molecule has 90 valence electrons. The van der Waals surface area contributed by atoms with Crippen LogP contribution in [0.4, 0.5) is 0 Å². The monoisotopic (exact) mass is 241 g/mol. The second-order valence-corrected chi connectivity index (χ2v) is 5.19. The predicted octanol–water partition coefficient (Wildman–Crippen LogP) is 1.44. The van der Waals surface area contributed by atoms with Gasteiger partial charge in [0.05, 0.1) is 17.7 Å². The second kappa shape index (κ2) is 5.96. The molecule has 0 saturated heterocycles. The summed E-state index contributed by atoms with van der Waals surface area (Å²) in [4.78, 5) is 16.8. The van der Waals surface area contributed by atoms with Gasteiger partial charge in [-0.25, -0.2) is 4.98 Å². The minimum Gasteiger partial charge on any atom is -0.351 e. The van der Waals surface area contributed by atoms with E-state index in [1.165, 1.54) is 0 Å². The quantitative estimate of drug-likeness (QED) is 0.819. The zero-order chi connectivity index (χ0) is 12.1. The van der Waals surface area contributed by atoms with Gasteiger partial charge >= 0.3 is 0 Å². The number of aryl methyl sites for hydroxylation is 1. The molecule has 0 fully saturated rings. The first-order valence-corrected chi connectivity index (χ1v) is 6.30. The van der Waals surface area contributed by atoms with Gasteiger partial charge in [-0.1, -0.05) is 13.8 Å². The van der Waals surface area contributed by atoms with E-state index in [4.69, 9.17) is 5.73 Å². The van der Waals surface area contributed by atoms with Gasteiger partial charge in [0.2, 0.25) is 5.91 Å². The smallest absolute Gasteiger partial charge is 0.221 e. The minimum atomic E-state index is -0.0671. The fourth-order valence-electron chi connectivity index (χ4n) is 1.20. The number of thiazole rings is 1. The van der Waals surface area contributed by atoms with Crippen molar-refractivity contribution in [1.82, 2.24) is 10.3 Å². The molecule has 1 atom stereocenters. The van der Waals surface area contributed by atoms with Crippen molar-refractivity contribution in [1.29, 1.82) is 0 Å². The van der Waals surface area contributed by atoms with Crippen LogP contribution in [0.2, 0.25) is 0 Å². The van der Waals surface area contributed by atoms with Crippen molar-refractivity contribution in [3.8, 4) is 0 Å². The summed E-state index contributed by atoms with van der Waals surface area (Å²) in [5.41, 5.74) is 8.60. The Hall–Kier alpha value is -0.940. The van der Waals surface area contributed by atoms with Gasteiger partial charge in [0.25, 0.3) is 0 Å². The standard InChI is InChI=1S/C11H19N3OS/c1-7(2)9(12)4-11(15)13-5-10-8(3)14-6-16-10/h6-7,9H,4-5,12H2,1-3H3,(H,13,15). The van der Waals surface area contributed by atoms with E-state index >= 15 is 0 Å². The zero-order valence-corrected chi connectivity index (χ0v) is 10.8. The molecule has 0 aliphatic rings. The van der Waals surface area contributed by atoms with Crippen molar-refractivity contribution in [2.75, 3.05) is 0 Å². The molecule has 1 unspecified atom stereocenters. The van der Waals surface area contributed by atoms with Gasteiger partial charge in [-0.05, 0) is 12.8 Å². The van der Waals surface area contributed by atoms with Gasteiger partial charge in [-0.2, -0.15) is 0 Å². The SMILES string of the molecule is Cc1ncsc1CNC(=O)CC(N)C(C)C. The topological polar surface area (TPSA) is 68.0 Å². The molecule has 1 heterocycles. The average molecular weight is 241 g/mol. The lowest BCUT2D eigenvalue weighted by atomic mass is 10.0. The molecule has 1 rings (SSSR count). The van der Waals surface area contributed by atoms with Crippen LogP contribution in [0.1, 0.15) is 30.8 Å². The molecule has 1 amide bonds. The number of carbonyl (C=O) groups is 1. The van der Waals surface area contributed by atoms with Crippen LogP contribution in [0.3, 0.4) is 0 Å². The Bertz CT molecular complexity index is 349. The number of aromatic nitrogens is 1. The molecule has 0 spiro atoms.